The van der Waals surface area contributed by atoms with E-state index in [0.717, 1.165) is 45.7 Å². The Labute approximate surface area is 194 Å². The molecule has 0 saturated carbocycles. The lowest BCUT2D eigenvalue weighted by Gasteiger charge is -2.31. The van der Waals surface area contributed by atoms with Crippen molar-refractivity contribution in [3.8, 4) is 0 Å². The highest BCUT2D eigenvalue weighted by atomic mass is 127. The molecule has 2 aliphatic rings. The lowest BCUT2D eigenvalue weighted by Crippen LogP contribution is -2.47. The van der Waals surface area contributed by atoms with E-state index in [0.29, 0.717) is 29.7 Å². The molecule has 0 amide bonds. The van der Waals surface area contributed by atoms with Gasteiger partial charge in [-0.3, -0.25) is 4.99 Å². The number of sulfonamides is 1. The molecule has 0 unspecified atom stereocenters. The van der Waals surface area contributed by atoms with Crippen LogP contribution in [0.2, 0.25) is 0 Å². The van der Waals surface area contributed by atoms with Crippen LogP contribution in [0.5, 0.6) is 0 Å². The van der Waals surface area contributed by atoms with Gasteiger partial charge in [0.15, 0.2) is 5.96 Å². The fraction of sp³-hybridized carbons (Fsp3) is 0.941. The number of likely N-dealkylation sites (N-methyl/N-ethyl adjacent to an activating group) is 1. The second-order valence-electron chi connectivity index (χ2n) is 7.67. The quantitative estimate of drug-likeness (QED) is 0.282. The third-order valence-corrected chi connectivity index (χ3v) is 7.15. The van der Waals surface area contributed by atoms with Gasteiger partial charge >= 0.3 is 15.5 Å². The molecule has 0 radical (unpaired) electrons. The second kappa shape index (κ2) is 12.6. The van der Waals surface area contributed by atoms with E-state index in [1.807, 2.05) is 0 Å². The Bertz CT molecular complexity index is 642. The van der Waals surface area contributed by atoms with Crippen LogP contribution in [0.25, 0.3) is 0 Å². The van der Waals surface area contributed by atoms with Gasteiger partial charge in [0.25, 0.3) is 0 Å². The van der Waals surface area contributed by atoms with Crippen molar-refractivity contribution in [2.75, 3.05) is 73.0 Å². The Morgan fingerprint density at radius 1 is 1.07 bits per heavy atom. The van der Waals surface area contributed by atoms with Gasteiger partial charge in [0.05, 0.1) is 0 Å². The van der Waals surface area contributed by atoms with Gasteiger partial charge < -0.3 is 20.4 Å². The maximum Gasteiger partial charge on any atom is 0.511 e. The van der Waals surface area contributed by atoms with Gasteiger partial charge in [-0.15, -0.1) is 24.0 Å². The van der Waals surface area contributed by atoms with Gasteiger partial charge in [-0.1, -0.05) is 0 Å². The zero-order chi connectivity index (χ0) is 21.5. The molecular formula is C17H34F3IN6O2S. The lowest BCUT2D eigenvalue weighted by atomic mass is 9.98. The van der Waals surface area contributed by atoms with E-state index in [4.69, 9.17) is 0 Å². The summed E-state index contributed by atoms with van der Waals surface area (Å²) in [6, 6.07) is 0. The fourth-order valence-corrected chi connectivity index (χ4v) is 4.60. The predicted molar refractivity (Wildman–Crippen MR) is 123 cm³/mol. The minimum atomic E-state index is -5.23. The standard InChI is InChI=1S/C17H33F3N6O2S.HI/c1-21-16(22-6-11-25-8-3-7-24(2)12-13-25)23-14-15-4-9-26(10-5-15)29(27,28)17(18,19)20;/h15H,3-14H2,1-2H3,(H2,21,22,23);1H. The van der Waals surface area contributed by atoms with Crippen molar-refractivity contribution in [3.63, 3.8) is 0 Å². The maximum atomic E-state index is 12.6. The molecule has 30 heavy (non-hydrogen) atoms. The number of hydrogen-bond acceptors (Lipinski definition) is 5. The van der Waals surface area contributed by atoms with E-state index in [1.165, 1.54) is 0 Å². The monoisotopic (exact) mass is 570 g/mol. The number of nitrogens with one attached hydrogen (secondary N) is 2. The minimum Gasteiger partial charge on any atom is -0.356 e. The molecule has 2 heterocycles. The molecule has 0 atom stereocenters. The summed E-state index contributed by atoms with van der Waals surface area (Å²) in [5.41, 5.74) is -5.23. The smallest absolute Gasteiger partial charge is 0.356 e. The first-order chi connectivity index (χ1) is 13.6. The van der Waals surface area contributed by atoms with Crippen LogP contribution in [0, 0.1) is 5.92 Å². The van der Waals surface area contributed by atoms with Gasteiger partial charge in [0.2, 0.25) is 0 Å². The van der Waals surface area contributed by atoms with Crippen LogP contribution in [0.1, 0.15) is 19.3 Å². The molecule has 0 aliphatic carbocycles. The summed E-state index contributed by atoms with van der Waals surface area (Å²) in [7, 11) is -1.41. The summed E-state index contributed by atoms with van der Waals surface area (Å²) < 4.78 is 61.4. The number of rotatable bonds is 6. The van der Waals surface area contributed by atoms with E-state index in [1.54, 1.807) is 7.05 Å². The van der Waals surface area contributed by atoms with Crippen LogP contribution in [-0.2, 0) is 10.0 Å². The van der Waals surface area contributed by atoms with Crippen LogP contribution < -0.4 is 10.6 Å². The van der Waals surface area contributed by atoms with Gasteiger partial charge in [-0.2, -0.15) is 17.5 Å². The molecule has 0 aromatic heterocycles. The van der Waals surface area contributed by atoms with E-state index in [-0.39, 0.29) is 43.0 Å². The summed E-state index contributed by atoms with van der Waals surface area (Å²) in [5.74, 6) is 0.761. The predicted octanol–water partition coefficient (Wildman–Crippen LogP) is 0.969. The first kappa shape index (κ1) is 27.7. The van der Waals surface area contributed by atoms with Crippen LogP contribution in [-0.4, -0.2) is 107 Å². The summed E-state index contributed by atoms with van der Waals surface area (Å²) >= 11 is 0. The Hall–Kier alpha value is -0.380. The molecule has 8 nitrogen and oxygen atoms in total. The van der Waals surface area contributed by atoms with Crippen molar-refractivity contribution >= 4 is 40.0 Å². The molecule has 2 saturated heterocycles. The second-order valence-corrected chi connectivity index (χ2v) is 9.60. The first-order valence-electron chi connectivity index (χ1n) is 10.1. The van der Waals surface area contributed by atoms with Crippen LogP contribution in [0.3, 0.4) is 0 Å². The Kier molecular flexibility index (Phi) is 11.6. The highest BCUT2D eigenvalue weighted by Gasteiger charge is 2.50. The zero-order valence-corrected chi connectivity index (χ0v) is 20.8. The van der Waals surface area contributed by atoms with Gasteiger partial charge in [0, 0.05) is 52.9 Å². The molecule has 0 bridgehead atoms. The summed E-state index contributed by atoms with van der Waals surface area (Å²) in [5, 5.41) is 6.47. The highest BCUT2D eigenvalue weighted by Crippen LogP contribution is 2.30. The van der Waals surface area contributed by atoms with Crippen molar-refractivity contribution in [1.82, 2.24) is 24.7 Å². The number of aliphatic imine (C=N–C) groups is 1. The summed E-state index contributed by atoms with van der Waals surface area (Å²) in [4.78, 5) is 8.93. The Morgan fingerprint density at radius 3 is 2.33 bits per heavy atom. The molecule has 2 rings (SSSR count). The number of guanidine groups is 1. The maximum absolute atomic E-state index is 12.6. The number of nitrogens with zero attached hydrogens (tertiary/aromatic N) is 4. The molecule has 0 aromatic carbocycles. The van der Waals surface area contributed by atoms with E-state index in [2.05, 4.69) is 32.5 Å². The number of piperidine rings is 1. The molecule has 2 fully saturated rings. The van der Waals surface area contributed by atoms with Crippen LogP contribution in [0.4, 0.5) is 13.2 Å². The van der Waals surface area contributed by atoms with Gasteiger partial charge in [0.1, 0.15) is 0 Å². The van der Waals surface area contributed by atoms with Crippen molar-refractivity contribution in [2.45, 2.75) is 24.8 Å². The first-order valence-corrected chi connectivity index (χ1v) is 11.5. The molecule has 178 valence electrons. The largest absolute Gasteiger partial charge is 0.511 e. The summed E-state index contributed by atoms with van der Waals surface area (Å²) in [6.07, 6.45) is 1.94. The lowest BCUT2D eigenvalue weighted by molar-refractivity contribution is -0.0496. The van der Waals surface area contributed by atoms with Crippen molar-refractivity contribution in [1.29, 1.82) is 0 Å². The fourth-order valence-electron chi connectivity index (χ4n) is 3.62. The number of halogens is 4. The normalized spacial score (nSPS) is 21.7. The highest BCUT2D eigenvalue weighted by molar-refractivity contribution is 14.0. The molecule has 2 aliphatic heterocycles. The van der Waals surface area contributed by atoms with Crippen molar-refractivity contribution < 1.29 is 21.6 Å². The van der Waals surface area contributed by atoms with E-state index in [9.17, 15) is 21.6 Å². The Balaban J connectivity index is 0.00000450. The molecule has 13 heteroatoms. The average Bonchev–Trinajstić information content (AvgIpc) is 2.88. The van der Waals surface area contributed by atoms with Crippen LogP contribution in [0.15, 0.2) is 4.99 Å². The van der Waals surface area contributed by atoms with E-state index < -0.39 is 15.5 Å². The minimum absolute atomic E-state index is 0. The van der Waals surface area contributed by atoms with Crippen LogP contribution >= 0.6 is 24.0 Å². The average molecular weight is 570 g/mol. The Morgan fingerprint density at radius 2 is 1.73 bits per heavy atom. The summed E-state index contributed by atoms with van der Waals surface area (Å²) in [6.45, 7) is 6.32. The van der Waals surface area contributed by atoms with E-state index >= 15 is 0 Å². The SMILES string of the molecule is CN=C(NCCN1CCCN(C)CC1)NCC1CCN(S(=O)(=O)C(F)(F)F)CC1.I. The zero-order valence-electron chi connectivity index (χ0n) is 17.6. The molecule has 0 aromatic rings. The van der Waals surface area contributed by atoms with Crippen molar-refractivity contribution in [2.24, 2.45) is 10.9 Å². The third-order valence-electron chi connectivity index (χ3n) is 5.52. The molecule has 2 N–H and O–H groups in total. The van der Waals surface area contributed by atoms with Gasteiger partial charge in [-0.25, -0.2) is 8.42 Å². The molecule has 0 spiro atoms. The van der Waals surface area contributed by atoms with Crippen molar-refractivity contribution in [3.05, 3.63) is 0 Å². The molecular weight excluding hydrogens is 536 g/mol. The third kappa shape index (κ3) is 8.28. The number of hydrogen-bond donors (Lipinski definition) is 2. The number of alkyl halides is 3. The van der Waals surface area contributed by atoms with Gasteiger partial charge in [-0.05, 0) is 45.3 Å². The topological polar surface area (TPSA) is 80.3 Å².